The molecule has 2 aliphatic heterocycles. The van der Waals surface area contributed by atoms with E-state index in [4.69, 9.17) is 21.1 Å². The lowest BCUT2D eigenvalue weighted by Gasteiger charge is -2.37. The van der Waals surface area contributed by atoms with Crippen molar-refractivity contribution in [1.82, 2.24) is 15.1 Å². The fraction of sp³-hybridized carbons (Fsp3) is 0.619. The summed E-state index contributed by atoms with van der Waals surface area (Å²) in [5.41, 5.74) is 1.19. The number of piperidine rings is 1. The molecular weight excluding hydrogens is 519 g/mol. The first kappa shape index (κ1) is 25.2. The number of benzene rings is 1. The Morgan fingerprint density at radius 3 is 2.60 bits per heavy atom. The van der Waals surface area contributed by atoms with Crippen molar-refractivity contribution in [1.29, 1.82) is 0 Å². The molecule has 0 aliphatic carbocycles. The van der Waals surface area contributed by atoms with Gasteiger partial charge in [-0.3, -0.25) is 14.7 Å². The number of carbonyl (C=O) groups is 1. The van der Waals surface area contributed by atoms with Crippen LogP contribution >= 0.6 is 35.6 Å². The van der Waals surface area contributed by atoms with Gasteiger partial charge < -0.3 is 19.7 Å². The standard InChI is InChI=1S/C21H31ClN4O3.HI/c1-23-21(26-8-6-16(7-9-26)20(27)28-2)24-15-19(25-10-12-29-13-11-25)17-4-3-5-18(22)14-17;/h3-5,14,16,19H,6-13,15H2,1-2H3,(H,23,24);1H. The smallest absolute Gasteiger partial charge is 0.308 e. The molecule has 7 nitrogen and oxygen atoms in total. The van der Waals surface area contributed by atoms with Gasteiger partial charge in [0, 0.05) is 44.8 Å². The molecule has 9 heteroatoms. The molecule has 1 unspecified atom stereocenters. The van der Waals surface area contributed by atoms with Crippen LogP contribution in [0.4, 0.5) is 0 Å². The van der Waals surface area contributed by atoms with Gasteiger partial charge in [-0.15, -0.1) is 24.0 Å². The lowest BCUT2D eigenvalue weighted by atomic mass is 9.97. The molecule has 0 aromatic heterocycles. The largest absolute Gasteiger partial charge is 0.469 e. The van der Waals surface area contributed by atoms with Crippen molar-refractivity contribution in [3.05, 3.63) is 34.9 Å². The molecule has 2 heterocycles. The zero-order valence-electron chi connectivity index (χ0n) is 17.7. The van der Waals surface area contributed by atoms with E-state index in [1.807, 2.05) is 18.2 Å². The molecule has 1 aromatic carbocycles. The molecule has 1 atom stereocenters. The van der Waals surface area contributed by atoms with Crippen LogP contribution < -0.4 is 5.32 Å². The van der Waals surface area contributed by atoms with Crippen molar-refractivity contribution in [3.63, 3.8) is 0 Å². The van der Waals surface area contributed by atoms with Crippen LogP contribution in [-0.4, -0.2) is 81.8 Å². The van der Waals surface area contributed by atoms with Gasteiger partial charge in [-0.1, -0.05) is 23.7 Å². The van der Waals surface area contributed by atoms with Crippen LogP contribution in [0.1, 0.15) is 24.4 Å². The second-order valence-electron chi connectivity index (χ2n) is 7.43. The number of carbonyl (C=O) groups excluding carboxylic acids is 1. The third-order valence-corrected chi connectivity index (χ3v) is 5.95. The van der Waals surface area contributed by atoms with Crippen LogP contribution in [0.3, 0.4) is 0 Å². The van der Waals surface area contributed by atoms with Gasteiger partial charge in [0.2, 0.25) is 0 Å². The Hall–Kier alpha value is -1.10. The molecule has 2 fully saturated rings. The summed E-state index contributed by atoms with van der Waals surface area (Å²) in [5, 5.41) is 4.29. The highest BCUT2D eigenvalue weighted by Crippen LogP contribution is 2.24. The van der Waals surface area contributed by atoms with Gasteiger partial charge in [-0.25, -0.2) is 0 Å². The number of hydrogen-bond donors (Lipinski definition) is 1. The van der Waals surface area contributed by atoms with Gasteiger partial charge in [0.25, 0.3) is 0 Å². The van der Waals surface area contributed by atoms with Crippen LogP contribution in [-0.2, 0) is 14.3 Å². The Labute approximate surface area is 201 Å². The molecular formula is C21H32ClIN4O3. The summed E-state index contributed by atoms with van der Waals surface area (Å²) in [5.74, 6) is 0.747. The maximum atomic E-state index is 11.8. The third kappa shape index (κ3) is 6.70. The molecule has 0 saturated carbocycles. The van der Waals surface area contributed by atoms with Gasteiger partial charge >= 0.3 is 5.97 Å². The molecule has 3 rings (SSSR count). The molecule has 0 bridgehead atoms. The van der Waals surface area contributed by atoms with Crippen molar-refractivity contribution in [3.8, 4) is 0 Å². The molecule has 2 aliphatic rings. The number of nitrogens with zero attached hydrogens (tertiary/aromatic N) is 3. The Morgan fingerprint density at radius 2 is 2.00 bits per heavy atom. The average Bonchev–Trinajstić information content (AvgIpc) is 2.77. The zero-order chi connectivity index (χ0) is 20.6. The Bertz CT molecular complexity index is 707. The normalized spacial score (nSPS) is 19.7. The Morgan fingerprint density at radius 1 is 1.30 bits per heavy atom. The number of guanidine groups is 1. The lowest BCUT2D eigenvalue weighted by molar-refractivity contribution is -0.146. The quantitative estimate of drug-likeness (QED) is 0.263. The van der Waals surface area contributed by atoms with Gasteiger partial charge in [-0.2, -0.15) is 0 Å². The Kier molecular flexibility index (Phi) is 10.6. The number of rotatable bonds is 5. The van der Waals surface area contributed by atoms with Gasteiger partial charge in [-0.05, 0) is 30.5 Å². The van der Waals surface area contributed by atoms with E-state index < -0.39 is 0 Å². The summed E-state index contributed by atoms with van der Waals surface area (Å²) in [6.45, 7) is 5.57. The maximum Gasteiger partial charge on any atom is 0.308 e. The lowest BCUT2D eigenvalue weighted by Crippen LogP contribution is -2.49. The second kappa shape index (κ2) is 12.7. The summed E-state index contributed by atoms with van der Waals surface area (Å²) in [7, 11) is 3.26. The number of esters is 1. The Balaban J connectivity index is 0.00000320. The van der Waals surface area contributed by atoms with Crippen LogP contribution in [0.25, 0.3) is 0 Å². The number of ether oxygens (including phenoxy) is 2. The highest BCUT2D eigenvalue weighted by atomic mass is 127. The minimum atomic E-state index is -0.110. The number of morpholine rings is 1. The summed E-state index contributed by atoms with van der Waals surface area (Å²) in [6.07, 6.45) is 1.57. The first-order valence-corrected chi connectivity index (χ1v) is 10.6. The first-order chi connectivity index (χ1) is 14.1. The number of halogens is 2. The fourth-order valence-electron chi connectivity index (χ4n) is 4.07. The highest BCUT2D eigenvalue weighted by molar-refractivity contribution is 14.0. The van der Waals surface area contributed by atoms with E-state index in [1.165, 1.54) is 12.7 Å². The van der Waals surface area contributed by atoms with Gasteiger partial charge in [0.05, 0.1) is 32.3 Å². The minimum absolute atomic E-state index is 0. The number of aliphatic imine (C=N–C) groups is 1. The van der Waals surface area contributed by atoms with Crippen molar-refractivity contribution in [2.24, 2.45) is 10.9 Å². The molecule has 0 radical (unpaired) electrons. The van der Waals surface area contributed by atoms with E-state index in [2.05, 4.69) is 26.2 Å². The molecule has 30 heavy (non-hydrogen) atoms. The minimum Gasteiger partial charge on any atom is -0.469 e. The number of nitrogens with one attached hydrogen (secondary N) is 1. The topological polar surface area (TPSA) is 66.4 Å². The molecule has 0 spiro atoms. The van der Waals surface area contributed by atoms with E-state index in [-0.39, 0.29) is 41.9 Å². The number of likely N-dealkylation sites (tertiary alicyclic amines) is 1. The molecule has 1 aromatic rings. The van der Waals surface area contributed by atoms with Crippen LogP contribution in [0.2, 0.25) is 5.02 Å². The molecule has 1 N–H and O–H groups in total. The predicted octanol–water partition coefficient (Wildman–Crippen LogP) is 2.79. The summed E-state index contributed by atoms with van der Waals surface area (Å²) >= 11 is 6.26. The van der Waals surface area contributed by atoms with Crippen LogP contribution in [0.15, 0.2) is 29.3 Å². The van der Waals surface area contributed by atoms with Gasteiger partial charge in [0.15, 0.2) is 5.96 Å². The molecule has 2 saturated heterocycles. The SMILES string of the molecule is CN=C(NCC(c1cccc(Cl)c1)N1CCOCC1)N1CCC(C(=O)OC)CC1.I. The summed E-state index contributed by atoms with van der Waals surface area (Å²) < 4.78 is 10.4. The van der Waals surface area contributed by atoms with E-state index >= 15 is 0 Å². The number of hydrogen-bond acceptors (Lipinski definition) is 5. The molecule has 0 amide bonds. The van der Waals surface area contributed by atoms with Crippen molar-refractivity contribution in [2.75, 3.05) is 60.1 Å². The monoisotopic (exact) mass is 550 g/mol. The van der Waals surface area contributed by atoms with E-state index in [0.717, 1.165) is 69.8 Å². The first-order valence-electron chi connectivity index (χ1n) is 10.2. The van der Waals surface area contributed by atoms with E-state index in [9.17, 15) is 4.79 Å². The van der Waals surface area contributed by atoms with Crippen molar-refractivity contribution in [2.45, 2.75) is 18.9 Å². The van der Waals surface area contributed by atoms with Crippen molar-refractivity contribution >= 4 is 47.5 Å². The predicted molar refractivity (Wildman–Crippen MR) is 130 cm³/mol. The summed E-state index contributed by atoms with van der Waals surface area (Å²) in [4.78, 5) is 20.9. The summed E-state index contributed by atoms with van der Waals surface area (Å²) in [6, 6.07) is 8.24. The van der Waals surface area contributed by atoms with Crippen LogP contribution in [0.5, 0.6) is 0 Å². The maximum absolute atomic E-state index is 11.8. The van der Waals surface area contributed by atoms with Crippen molar-refractivity contribution < 1.29 is 14.3 Å². The highest BCUT2D eigenvalue weighted by Gasteiger charge is 2.28. The second-order valence-corrected chi connectivity index (χ2v) is 7.87. The van der Waals surface area contributed by atoms with Crippen LogP contribution in [0, 0.1) is 5.92 Å². The number of methoxy groups -OCH3 is 1. The average molecular weight is 551 g/mol. The van der Waals surface area contributed by atoms with E-state index in [1.54, 1.807) is 7.05 Å². The van der Waals surface area contributed by atoms with Gasteiger partial charge in [0.1, 0.15) is 0 Å². The zero-order valence-corrected chi connectivity index (χ0v) is 20.8. The fourth-order valence-corrected chi connectivity index (χ4v) is 4.27. The third-order valence-electron chi connectivity index (χ3n) is 5.71. The molecule has 168 valence electrons. The van der Waals surface area contributed by atoms with E-state index in [0.29, 0.717) is 0 Å².